The van der Waals surface area contributed by atoms with E-state index in [1.54, 1.807) is 26.8 Å². The summed E-state index contributed by atoms with van der Waals surface area (Å²) in [5.74, 6) is -3.21. The van der Waals surface area contributed by atoms with E-state index in [4.69, 9.17) is 0 Å². The maximum atomic E-state index is 13.4. The number of nitrogens with one attached hydrogen (secondary N) is 1. The molecule has 3 N–H and O–H groups in total. The number of benzene rings is 3. The lowest BCUT2D eigenvalue weighted by Gasteiger charge is -2.56. The highest BCUT2D eigenvalue weighted by Gasteiger charge is 2.64. The van der Waals surface area contributed by atoms with Gasteiger partial charge < -0.3 is 20.4 Å². The van der Waals surface area contributed by atoms with E-state index in [9.17, 15) is 29.9 Å². The molecule has 2 heterocycles. The van der Waals surface area contributed by atoms with Crippen LogP contribution >= 0.6 is 0 Å². The number of carbonyl (C=O) groups is 2. The fraction of sp³-hybridized carbons (Fsp3) is 0.459. The summed E-state index contributed by atoms with van der Waals surface area (Å²) >= 11 is 0. The lowest BCUT2D eigenvalue weighted by molar-refractivity contribution is -0.385. The summed E-state index contributed by atoms with van der Waals surface area (Å²) in [7, 11) is 0. The predicted molar refractivity (Wildman–Crippen MR) is 177 cm³/mol. The van der Waals surface area contributed by atoms with Crippen molar-refractivity contribution >= 4 is 17.6 Å². The Balaban J connectivity index is 1.35. The van der Waals surface area contributed by atoms with Crippen LogP contribution in [0.1, 0.15) is 75.5 Å². The van der Waals surface area contributed by atoms with Crippen LogP contribution in [0.15, 0.2) is 84.9 Å². The number of unbranched alkanes of at least 4 members (excludes halogenated alkanes) is 1. The van der Waals surface area contributed by atoms with Gasteiger partial charge in [-0.05, 0) is 82.8 Å². The average Bonchev–Trinajstić information content (AvgIpc) is 3.06. The molecule has 0 aliphatic carbocycles. The van der Waals surface area contributed by atoms with Crippen molar-refractivity contribution in [1.29, 1.82) is 0 Å². The summed E-state index contributed by atoms with van der Waals surface area (Å²) < 4.78 is 0. The molecule has 3 aromatic carbocycles. The van der Waals surface area contributed by atoms with Gasteiger partial charge in [0.15, 0.2) is 0 Å². The van der Waals surface area contributed by atoms with Crippen LogP contribution in [0.2, 0.25) is 0 Å². The standard InChI is InChI=1S/C37H45N3O6/c1-26-35(3,33(41)42)32(28-13-12-18-31(25-28)40(45)46)37(34(43)44,27(2)38-26)19-10-11-22-39-23-20-36(21-24-39,29-14-6-4-7-15-29)30-16-8-5-9-17-30/h4-9,12-18,25-27,32,38H,10-11,19-24H2,1-3H3,(H,41,42)(H,43,44)/t26?,27?,32-,35?,37?/m1/s1. The molecule has 0 radical (unpaired) electrons. The third-order valence-corrected chi connectivity index (χ3v) is 11.2. The Morgan fingerprint density at radius 3 is 1.98 bits per heavy atom. The number of nitro groups is 1. The first-order chi connectivity index (χ1) is 22.0. The quantitative estimate of drug-likeness (QED) is 0.125. The third-order valence-electron chi connectivity index (χ3n) is 11.2. The molecule has 2 aliphatic rings. The number of likely N-dealkylation sites (tertiary alicyclic amines) is 1. The van der Waals surface area contributed by atoms with Gasteiger partial charge in [-0.1, -0.05) is 79.2 Å². The second kappa shape index (κ2) is 13.3. The minimum atomic E-state index is -1.52. The molecule has 0 spiro atoms. The fourth-order valence-corrected chi connectivity index (χ4v) is 8.45. The van der Waals surface area contributed by atoms with Crippen molar-refractivity contribution in [2.75, 3.05) is 19.6 Å². The van der Waals surface area contributed by atoms with Crippen LogP contribution in [0.25, 0.3) is 0 Å². The van der Waals surface area contributed by atoms with Crippen LogP contribution in [0.3, 0.4) is 0 Å². The van der Waals surface area contributed by atoms with Crippen LogP contribution < -0.4 is 5.32 Å². The maximum absolute atomic E-state index is 13.4. The van der Waals surface area contributed by atoms with E-state index in [2.05, 4.69) is 58.7 Å². The number of hydrogen-bond donors (Lipinski definition) is 3. The molecule has 5 rings (SSSR count). The Bertz CT molecular complexity index is 1500. The minimum Gasteiger partial charge on any atom is -0.481 e. The van der Waals surface area contributed by atoms with Crippen LogP contribution in [0.5, 0.6) is 0 Å². The van der Waals surface area contributed by atoms with Gasteiger partial charge in [-0.3, -0.25) is 19.7 Å². The number of non-ortho nitro benzene ring substituents is 1. The summed E-state index contributed by atoms with van der Waals surface area (Å²) in [6.07, 6.45) is 3.53. The molecule has 9 nitrogen and oxygen atoms in total. The van der Waals surface area contributed by atoms with E-state index >= 15 is 0 Å². The highest BCUT2D eigenvalue weighted by atomic mass is 16.6. The van der Waals surface area contributed by atoms with Crippen molar-refractivity contribution < 1.29 is 24.7 Å². The lowest BCUT2D eigenvalue weighted by Crippen LogP contribution is -2.68. The zero-order chi connectivity index (χ0) is 33.1. The molecule has 3 aromatic rings. The number of aliphatic carboxylic acids is 2. The highest BCUT2D eigenvalue weighted by Crippen LogP contribution is 2.57. The number of rotatable bonds is 11. The van der Waals surface area contributed by atoms with Crippen molar-refractivity contribution in [2.24, 2.45) is 10.8 Å². The van der Waals surface area contributed by atoms with Gasteiger partial charge in [0.1, 0.15) is 0 Å². The molecule has 0 bridgehead atoms. The minimum absolute atomic E-state index is 0.0565. The summed E-state index contributed by atoms with van der Waals surface area (Å²) in [6.45, 7) is 7.76. The smallest absolute Gasteiger partial charge is 0.311 e. The van der Waals surface area contributed by atoms with E-state index < -0.39 is 45.7 Å². The van der Waals surface area contributed by atoms with E-state index in [1.807, 2.05) is 12.1 Å². The van der Waals surface area contributed by atoms with Crippen LogP contribution in [0.4, 0.5) is 5.69 Å². The predicted octanol–water partition coefficient (Wildman–Crippen LogP) is 6.47. The Kier molecular flexibility index (Phi) is 9.65. The fourth-order valence-electron chi connectivity index (χ4n) is 8.45. The van der Waals surface area contributed by atoms with Crippen molar-refractivity contribution in [1.82, 2.24) is 10.2 Å². The van der Waals surface area contributed by atoms with Crippen LogP contribution in [0, 0.1) is 20.9 Å². The number of nitro benzene ring substituents is 1. The van der Waals surface area contributed by atoms with Gasteiger partial charge in [0.05, 0.1) is 15.8 Å². The molecule has 2 aliphatic heterocycles. The first-order valence-corrected chi connectivity index (χ1v) is 16.3. The third kappa shape index (κ3) is 5.82. The van der Waals surface area contributed by atoms with E-state index in [0.29, 0.717) is 12.0 Å². The molecule has 2 saturated heterocycles. The first kappa shape index (κ1) is 33.3. The van der Waals surface area contributed by atoms with Gasteiger partial charge in [0.25, 0.3) is 5.69 Å². The topological polar surface area (TPSA) is 133 Å². The van der Waals surface area contributed by atoms with E-state index in [-0.39, 0.29) is 17.5 Å². The molecular weight excluding hydrogens is 582 g/mol. The Morgan fingerprint density at radius 1 is 0.870 bits per heavy atom. The van der Waals surface area contributed by atoms with Crippen molar-refractivity contribution in [3.05, 3.63) is 112 Å². The molecular formula is C37H45N3O6. The molecule has 0 aromatic heterocycles. The van der Waals surface area contributed by atoms with Gasteiger partial charge in [0, 0.05) is 35.5 Å². The second-order valence-electron chi connectivity index (χ2n) is 13.4. The van der Waals surface area contributed by atoms with E-state index in [1.165, 1.54) is 29.3 Å². The monoisotopic (exact) mass is 627 g/mol. The zero-order valence-corrected chi connectivity index (χ0v) is 26.9. The molecule has 9 heteroatoms. The Hall–Kier alpha value is -4.08. The maximum Gasteiger partial charge on any atom is 0.311 e. The summed E-state index contributed by atoms with van der Waals surface area (Å²) in [5, 5.41) is 36.4. The van der Waals surface area contributed by atoms with Crippen molar-refractivity contribution in [2.45, 2.75) is 76.3 Å². The molecule has 0 saturated carbocycles. The second-order valence-corrected chi connectivity index (χ2v) is 13.4. The number of piperidine rings is 2. The molecule has 46 heavy (non-hydrogen) atoms. The summed E-state index contributed by atoms with van der Waals surface area (Å²) in [6, 6.07) is 26.1. The number of hydrogen-bond acceptors (Lipinski definition) is 6. The normalized spacial score (nSPS) is 27.9. The van der Waals surface area contributed by atoms with Gasteiger partial charge in [-0.15, -0.1) is 0 Å². The van der Waals surface area contributed by atoms with Crippen molar-refractivity contribution in [3.8, 4) is 0 Å². The lowest BCUT2D eigenvalue weighted by atomic mass is 9.51. The van der Waals surface area contributed by atoms with E-state index in [0.717, 1.165) is 38.9 Å². The molecule has 5 atom stereocenters. The SMILES string of the molecule is CC1NC(C)C(CCCCN2CCC(c3ccccc3)(c3ccccc3)CC2)(C(=O)O)[C@H](c2cccc([N+](=O)[O-])c2)C1(C)C(=O)O. The molecule has 0 amide bonds. The molecule has 2 fully saturated rings. The number of carboxylic acid groups (broad SMARTS) is 2. The summed E-state index contributed by atoms with van der Waals surface area (Å²) in [4.78, 5) is 39.9. The molecule has 244 valence electrons. The van der Waals surface area contributed by atoms with Gasteiger partial charge in [0.2, 0.25) is 0 Å². The van der Waals surface area contributed by atoms with Crippen molar-refractivity contribution in [3.63, 3.8) is 0 Å². The van der Waals surface area contributed by atoms with Gasteiger partial charge in [-0.25, -0.2) is 0 Å². The highest BCUT2D eigenvalue weighted by molar-refractivity contribution is 5.84. The zero-order valence-electron chi connectivity index (χ0n) is 26.9. The number of nitrogens with zero attached hydrogens (tertiary/aromatic N) is 2. The molecule has 4 unspecified atom stereocenters. The summed E-state index contributed by atoms with van der Waals surface area (Å²) in [5.41, 5.74) is -0.236. The van der Waals surface area contributed by atoms with Gasteiger partial charge in [-0.2, -0.15) is 0 Å². The largest absolute Gasteiger partial charge is 0.481 e. The van der Waals surface area contributed by atoms with Crippen LogP contribution in [-0.4, -0.2) is 63.7 Å². The Labute approximate surface area is 270 Å². The average molecular weight is 628 g/mol. The van der Waals surface area contributed by atoms with Gasteiger partial charge >= 0.3 is 11.9 Å². The first-order valence-electron chi connectivity index (χ1n) is 16.3. The van der Waals surface area contributed by atoms with Crippen LogP contribution in [-0.2, 0) is 15.0 Å². The number of carboxylic acids is 2. The Morgan fingerprint density at radius 2 is 1.46 bits per heavy atom.